The van der Waals surface area contributed by atoms with Crippen LogP contribution in [0.4, 0.5) is 14.5 Å². The number of carbonyl (C=O) groups is 1. The van der Waals surface area contributed by atoms with Crippen LogP contribution in [0.5, 0.6) is 0 Å². The van der Waals surface area contributed by atoms with Crippen molar-refractivity contribution in [2.24, 2.45) is 5.73 Å². The zero-order valence-corrected chi connectivity index (χ0v) is 12.9. The Balaban J connectivity index is 2.30. The number of hydrogen-bond donors (Lipinski definition) is 2. The van der Waals surface area contributed by atoms with Crippen LogP contribution in [-0.2, 0) is 0 Å². The van der Waals surface area contributed by atoms with E-state index >= 15 is 0 Å². The van der Waals surface area contributed by atoms with Crippen LogP contribution in [0.3, 0.4) is 0 Å². The normalized spacial score (nSPS) is 10.2. The summed E-state index contributed by atoms with van der Waals surface area (Å²) in [6.07, 6.45) is 0. The lowest BCUT2D eigenvalue weighted by molar-refractivity contribution is 0.102. The van der Waals surface area contributed by atoms with Gasteiger partial charge in [-0.05, 0) is 46.3 Å². The summed E-state index contributed by atoms with van der Waals surface area (Å²) in [4.78, 5) is 12.1. The Bertz CT molecular complexity index is 717. The fourth-order valence-corrected chi connectivity index (χ4v) is 2.32. The van der Waals surface area contributed by atoms with Crippen molar-refractivity contribution < 1.29 is 13.6 Å². The molecule has 7 heteroatoms. The second-order valence-corrected chi connectivity index (χ2v) is 5.40. The number of amides is 1. The number of thiocarbonyl (C=S) groups is 1. The predicted molar refractivity (Wildman–Crippen MR) is 84.3 cm³/mol. The molecule has 2 aromatic carbocycles. The van der Waals surface area contributed by atoms with Gasteiger partial charge in [0.1, 0.15) is 16.6 Å². The van der Waals surface area contributed by atoms with Crippen LogP contribution in [0.2, 0.25) is 0 Å². The molecule has 0 heterocycles. The fraction of sp³-hybridized carbons (Fsp3) is 0. The minimum absolute atomic E-state index is 0.0450. The molecule has 0 aromatic heterocycles. The highest BCUT2D eigenvalue weighted by atomic mass is 79.9. The average Bonchev–Trinajstić information content (AvgIpc) is 2.40. The number of nitrogens with two attached hydrogens (primary N) is 1. The molecule has 0 saturated carbocycles. The molecule has 0 aliphatic carbocycles. The van der Waals surface area contributed by atoms with Crippen molar-refractivity contribution >= 4 is 44.7 Å². The molecule has 0 aliphatic rings. The Kier molecular flexibility index (Phi) is 4.64. The van der Waals surface area contributed by atoms with Crippen LogP contribution < -0.4 is 11.1 Å². The van der Waals surface area contributed by atoms with Gasteiger partial charge < -0.3 is 11.1 Å². The molecule has 0 saturated heterocycles. The summed E-state index contributed by atoms with van der Waals surface area (Å²) in [6.45, 7) is 0. The summed E-state index contributed by atoms with van der Waals surface area (Å²) in [5.41, 5.74) is 5.44. The maximum atomic E-state index is 13.9. The van der Waals surface area contributed by atoms with Gasteiger partial charge in [-0.3, -0.25) is 4.79 Å². The minimum Gasteiger partial charge on any atom is -0.389 e. The first kappa shape index (κ1) is 15.5. The highest BCUT2D eigenvalue weighted by molar-refractivity contribution is 9.10. The number of carbonyl (C=O) groups excluding carboxylic acids is 1. The Hall–Kier alpha value is -1.86. The van der Waals surface area contributed by atoms with Gasteiger partial charge >= 0.3 is 0 Å². The number of rotatable bonds is 3. The standard InChI is InChI=1S/C14H9BrF2N2OS/c15-8-2-1-3-9(16)12(8)14(20)19-11-5-4-7(13(18)21)6-10(11)17/h1-6H,(H2,18,21)(H,19,20). The van der Waals surface area contributed by atoms with Crippen LogP contribution >= 0.6 is 28.1 Å². The first-order chi connectivity index (χ1) is 9.90. The molecule has 0 radical (unpaired) electrons. The third-order valence-electron chi connectivity index (χ3n) is 2.69. The van der Waals surface area contributed by atoms with Gasteiger partial charge in [0, 0.05) is 10.0 Å². The van der Waals surface area contributed by atoms with Gasteiger partial charge in [-0.25, -0.2) is 8.78 Å². The van der Waals surface area contributed by atoms with Crippen LogP contribution in [0.1, 0.15) is 15.9 Å². The lowest BCUT2D eigenvalue weighted by atomic mass is 10.1. The second-order valence-electron chi connectivity index (χ2n) is 4.11. The maximum absolute atomic E-state index is 13.9. The average molecular weight is 371 g/mol. The summed E-state index contributed by atoms with van der Waals surface area (Å²) in [5, 5.41) is 2.31. The van der Waals surface area contributed by atoms with Gasteiger partial charge in [0.05, 0.1) is 11.3 Å². The predicted octanol–water partition coefficient (Wildman–Crippen LogP) is 3.61. The number of halogens is 3. The Labute approximate surface area is 133 Å². The lowest BCUT2D eigenvalue weighted by Gasteiger charge is -2.09. The van der Waals surface area contributed by atoms with Crippen molar-refractivity contribution in [1.29, 1.82) is 0 Å². The van der Waals surface area contributed by atoms with Crippen molar-refractivity contribution in [2.75, 3.05) is 5.32 Å². The summed E-state index contributed by atoms with van der Waals surface area (Å²) in [5.74, 6) is -2.18. The smallest absolute Gasteiger partial charge is 0.259 e. The number of nitrogens with one attached hydrogen (secondary N) is 1. The van der Waals surface area contributed by atoms with E-state index in [1.807, 2.05) is 0 Å². The van der Waals surface area contributed by atoms with E-state index in [4.69, 9.17) is 18.0 Å². The van der Waals surface area contributed by atoms with Gasteiger partial charge in [-0.15, -0.1) is 0 Å². The molecular formula is C14H9BrF2N2OS. The van der Waals surface area contributed by atoms with Crippen molar-refractivity contribution in [3.05, 3.63) is 63.6 Å². The Morgan fingerprint density at radius 2 is 1.90 bits per heavy atom. The molecule has 0 bridgehead atoms. The SMILES string of the molecule is NC(=S)c1ccc(NC(=O)c2c(F)cccc2Br)c(F)c1. The summed E-state index contributed by atoms with van der Waals surface area (Å²) < 4.78 is 27.8. The summed E-state index contributed by atoms with van der Waals surface area (Å²) in [6, 6.07) is 8.01. The zero-order chi connectivity index (χ0) is 15.6. The third kappa shape index (κ3) is 3.43. The monoisotopic (exact) mass is 370 g/mol. The molecule has 1 amide bonds. The van der Waals surface area contributed by atoms with Gasteiger partial charge in [0.2, 0.25) is 0 Å². The van der Waals surface area contributed by atoms with Crippen molar-refractivity contribution in [2.45, 2.75) is 0 Å². The fourth-order valence-electron chi connectivity index (χ4n) is 1.67. The van der Waals surface area contributed by atoms with E-state index in [0.29, 0.717) is 5.56 Å². The quantitative estimate of drug-likeness (QED) is 0.811. The zero-order valence-electron chi connectivity index (χ0n) is 10.5. The molecular weight excluding hydrogens is 362 g/mol. The first-order valence-corrected chi connectivity index (χ1v) is 6.95. The van der Waals surface area contributed by atoms with Crippen LogP contribution in [0.25, 0.3) is 0 Å². The molecule has 0 spiro atoms. The van der Waals surface area contributed by atoms with E-state index in [1.54, 1.807) is 0 Å². The second kappa shape index (κ2) is 6.28. The van der Waals surface area contributed by atoms with E-state index in [-0.39, 0.29) is 20.7 Å². The topological polar surface area (TPSA) is 55.1 Å². The largest absolute Gasteiger partial charge is 0.389 e. The van der Waals surface area contributed by atoms with Crippen LogP contribution in [0, 0.1) is 11.6 Å². The summed E-state index contributed by atoms with van der Waals surface area (Å²) >= 11 is 7.81. The van der Waals surface area contributed by atoms with Crippen LogP contribution in [0.15, 0.2) is 40.9 Å². The Morgan fingerprint density at radius 3 is 2.48 bits per heavy atom. The lowest BCUT2D eigenvalue weighted by Crippen LogP contribution is -2.16. The van der Waals surface area contributed by atoms with Crippen molar-refractivity contribution in [3.63, 3.8) is 0 Å². The van der Waals surface area contributed by atoms with Gasteiger partial charge in [0.15, 0.2) is 0 Å². The van der Waals surface area contributed by atoms with E-state index in [1.165, 1.54) is 24.3 Å². The molecule has 2 aromatic rings. The molecule has 3 nitrogen and oxygen atoms in total. The number of hydrogen-bond acceptors (Lipinski definition) is 2. The molecule has 108 valence electrons. The van der Waals surface area contributed by atoms with E-state index in [0.717, 1.165) is 12.1 Å². The van der Waals surface area contributed by atoms with Gasteiger partial charge in [0.25, 0.3) is 5.91 Å². The van der Waals surface area contributed by atoms with E-state index in [2.05, 4.69) is 21.2 Å². The molecule has 2 rings (SSSR count). The third-order valence-corrected chi connectivity index (χ3v) is 3.59. The van der Waals surface area contributed by atoms with Gasteiger partial charge in [-0.2, -0.15) is 0 Å². The summed E-state index contributed by atoms with van der Waals surface area (Å²) in [7, 11) is 0. The van der Waals surface area contributed by atoms with Gasteiger partial charge in [-0.1, -0.05) is 18.3 Å². The number of benzene rings is 2. The molecule has 0 fully saturated rings. The minimum atomic E-state index is -0.762. The molecule has 3 N–H and O–H groups in total. The van der Waals surface area contributed by atoms with E-state index in [9.17, 15) is 13.6 Å². The van der Waals surface area contributed by atoms with E-state index < -0.39 is 17.5 Å². The van der Waals surface area contributed by atoms with Crippen LogP contribution in [-0.4, -0.2) is 10.9 Å². The molecule has 0 atom stereocenters. The van der Waals surface area contributed by atoms with Crippen molar-refractivity contribution in [1.82, 2.24) is 0 Å². The first-order valence-electron chi connectivity index (χ1n) is 5.75. The highest BCUT2D eigenvalue weighted by Gasteiger charge is 2.17. The Morgan fingerprint density at radius 1 is 1.19 bits per heavy atom. The molecule has 0 aliphatic heterocycles. The number of anilines is 1. The molecule has 0 unspecified atom stereocenters. The van der Waals surface area contributed by atoms with Crippen molar-refractivity contribution in [3.8, 4) is 0 Å². The maximum Gasteiger partial charge on any atom is 0.259 e. The molecule has 21 heavy (non-hydrogen) atoms. The highest BCUT2D eigenvalue weighted by Crippen LogP contribution is 2.22.